The van der Waals surface area contributed by atoms with Gasteiger partial charge in [-0.1, -0.05) is 17.7 Å². The summed E-state index contributed by atoms with van der Waals surface area (Å²) in [6.07, 6.45) is 1.49. The molecule has 6 heteroatoms. The Morgan fingerprint density at radius 1 is 1.21 bits per heavy atom. The fraction of sp³-hybridized carbons (Fsp3) is 0.391. The summed E-state index contributed by atoms with van der Waals surface area (Å²) in [6.45, 7) is 4.89. The van der Waals surface area contributed by atoms with Crippen molar-refractivity contribution in [3.05, 3.63) is 65.0 Å². The molecule has 5 nitrogen and oxygen atoms in total. The topological polar surface area (TPSA) is 58.6 Å². The number of nitrogens with zero attached hydrogens (tertiary/aromatic N) is 1. The number of aryl methyl sites for hydroxylation is 1. The monoisotopic (exact) mass is 398 g/mol. The van der Waals surface area contributed by atoms with Gasteiger partial charge in [-0.2, -0.15) is 0 Å². The molecule has 0 saturated carbocycles. The van der Waals surface area contributed by atoms with Crippen molar-refractivity contribution in [3.8, 4) is 5.75 Å². The van der Waals surface area contributed by atoms with Crippen LogP contribution in [0.25, 0.3) is 0 Å². The highest BCUT2D eigenvalue weighted by Crippen LogP contribution is 2.27. The van der Waals surface area contributed by atoms with Crippen LogP contribution in [0.1, 0.15) is 47.3 Å². The lowest BCUT2D eigenvalue weighted by Gasteiger charge is -2.33. The van der Waals surface area contributed by atoms with Gasteiger partial charge in [-0.25, -0.2) is 4.39 Å². The summed E-state index contributed by atoms with van der Waals surface area (Å²) >= 11 is 0. The minimum Gasteiger partial charge on any atom is -0.496 e. The lowest BCUT2D eigenvalue weighted by molar-refractivity contribution is -0.127. The fourth-order valence-corrected chi connectivity index (χ4v) is 3.75. The van der Waals surface area contributed by atoms with E-state index in [4.69, 9.17) is 4.74 Å². The average Bonchev–Trinajstić information content (AvgIpc) is 2.73. The number of nitrogens with one attached hydrogen (secondary N) is 1. The first kappa shape index (κ1) is 20.8. The third-order valence-corrected chi connectivity index (χ3v) is 5.38. The number of carbonyl (C=O) groups excluding carboxylic acids is 2. The minimum absolute atomic E-state index is 0.0716. The molecular formula is C23H27FN2O3. The van der Waals surface area contributed by atoms with Gasteiger partial charge in [-0.15, -0.1) is 0 Å². The second-order valence-electron chi connectivity index (χ2n) is 7.57. The normalized spacial score (nSPS) is 17.5. The molecule has 29 heavy (non-hydrogen) atoms. The Balaban J connectivity index is 1.66. The number of halogens is 1. The number of carbonyl (C=O) groups is 2. The van der Waals surface area contributed by atoms with Crippen molar-refractivity contribution >= 4 is 11.8 Å². The molecule has 0 spiro atoms. The first-order valence-corrected chi connectivity index (χ1v) is 9.88. The highest BCUT2D eigenvalue weighted by Gasteiger charge is 2.30. The van der Waals surface area contributed by atoms with Crippen molar-refractivity contribution < 1.29 is 18.7 Å². The standard InChI is InChI=1S/C23H27FN2O3/c1-15-6-11-21(29-3)20(13-15)16(2)25-22(27)18-5-4-12-26(14-18)23(28)17-7-9-19(24)10-8-17/h6-11,13,16,18H,4-5,12,14H2,1-3H3,(H,25,27). The molecule has 1 fully saturated rings. The molecule has 0 bridgehead atoms. The van der Waals surface area contributed by atoms with Crippen LogP contribution in [0.3, 0.4) is 0 Å². The Morgan fingerprint density at radius 3 is 2.62 bits per heavy atom. The van der Waals surface area contributed by atoms with Crippen molar-refractivity contribution in [2.24, 2.45) is 5.92 Å². The molecule has 2 atom stereocenters. The summed E-state index contributed by atoms with van der Waals surface area (Å²) < 4.78 is 18.5. The molecule has 1 aliphatic heterocycles. The quantitative estimate of drug-likeness (QED) is 0.832. The van der Waals surface area contributed by atoms with Gasteiger partial charge in [0.05, 0.1) is 19.1 Å². The Morgan fingerprint density at radius 2 is 1.93 bits per heavy atom. The van der Waals surface area contributed by atoms with Gasteiger partial charge in [0.2, 0.25) is 5.91 Å². The first-order valence-electron chi connectivity index (χ1n) is 9.88. The smallest absolute Gasteiger partial charge is 0.253 e. The number of hydrogen-bond donors (Lipinski definition) is 1. The SMILES string of the molecule is COc1ccc(C)cc1C(C)NC(=O)C1CCCN(C(=O)c2ccc(F)cc2)C1. The van der Waals surface area contributed by atoms with Crippen LogP contribution in [0.4, 0.5) is 4.39 Å². The van der Waals surface area contributed by atoms with E-state index >= 15 is 0 Å². The van der Waals surface area contributed by atoms with Crippen molar-refractivity contribution in [1.82, 2.24) is 10.2 Å². The van der Waals surface area contributed by atoms with E-state index < -0.39 is 0 Å². The van der Waals surface area contributed by atoms with Crippen LogP contribution in [0, 0.1) is 18.7 Å². The maximum absolute atomic E-state index is 13.1. The van der Waals surface area contributed by atoms with E-state index in [1.165, 1.54) is 24.3 Å². The van der Waals surface area contributed by atoms with Gasteiger partial charge in [-0.3, -0.25) is 9.59 Å². The van der Waals surface area contributed by atoms with E-state index in [0.29, 0.717) is 18.7 Å². The molecule has 3 rings (SSSR count). The number of amides is 2. The van der Waals surface area contributed by atoms with Crippen molar-refractivity contribution in [2.45, 2.75) is 32.7 Å². The lowest BCUT2D eigenvalue weighted by Crippen LogP contribution is -2.45. The van der Waals surface area contributed by atoms with Crippen molar-refractivity contribution in [2.75, 3.05) is 20.2 Å². The molecule has 0 aliphatic carbocycles. The number of ether oxygens (including phenoxy) is 1. The summed E-state index contributed by atoms with van der Waals surface area (Å²) in [4.78, 5) is 27.3. The van der Waals surface area contributed by atoms with Gasteiger partial charge in [0.15, 0.2) is 0 Å². The van der Waals surface area contributed by atoms with Gasteiger partial charge in [0, 0.05) is 24.2 Å². The number of piperidine rings is 1. The predicted molar refractivity (Wildman–Crippen MR) is 109 cm³/mol. The van der Waals surface area contributed by atoms with Gasteiger partial charge < -0.3 is 15.0 Å². The third kappa shape index (κ3) is 4.94. The maximum Gasteiger partial charge on any atom is 0.253 e. The molecule has 1 saturated heterocycles. The van der Waals surface area contributed by atoms with Crippen LogP contribution in [-0.2, 0) is 4.79 Å². The van der Waals surface area contributed by atoms with Crippen LogP contribution >= 0.6 is 0 Å². The molecule has 1 N–H and O–H groups in total. The Hall–Kier alpha value is -2.89. The minimum atomic E-state index is -0.377. The van der Waals surface area contributed by atoms with Crippen LogP contribution < -0.4 is 10.1 Å². The summed E-state index contributed by atoms with van der Waals surface area (Å²) in [7, 11) is 1.61. The largest absolute Gasteiger partial charge is 0.496 e. The van der Waals surface area contributed by atoms with Crippen LogP contribution in [0.5, 0.6) is 5.75 Å². The van der Waals surface area contributed by atoms with Crippen molar-refractivity contribution in [3.63, 3.8) is 0 Å². The number of rotatable bonds is 5. The Bertz CT molecular complexity index is 882. The van der Waals surface area contributed by atoms with E-state index in [2.05, 4.69) is 5.32 Å². The molecule has 2 aromatic carbocycles. The zero-order chi connectivity index (χ0) is 21.0. The van der Waals surface area contributed by atoms with Crippen LogP contribution in [0.2, 0.25) is 0 Å². The Labute approximate surface area is 170 Å². The van der Waals surface area contributed by atoms with E-state index in [9.17, 15) is 14.0 Å². The predicted octanol–water partition coefficient (Wildman–Crippen LogP) is 3.87. The molecular weight excluding hydrogens is 371 g/mol. The van der Waals surface area contributed by atoms with Crippen LogP contribution in [-0.4, -0.2) is 36.9 Å². The van der Waals surface area contributed by atoms with Crippen molar-refractivity contribution in [1.29, 1.82) is 0 Å². The lowest BCUT2D eigenvalue weighted by atomic mass is 9.95. The van der Waals surface area contributed by atoms with Crippen LogP contribution in [0.15, 0.2) is 42.5 Å². The summed E-state index contributed by atoms with van der Waals surface area (Å²) in [5.74, 6) is -0.154. The van der Waals surface area contributed by atoms with E-state index in [1.807, 2.05) is 32.0 Å². The van der Waals surface area contributed by atoms with E-state index in [1.54, 1.807) is 12.0 Å². The molecule has 154 valence electrons. The van der Waals surface area contributed by atoms with Gasteiger partial charge in [0.25, 0.3) is 5.91 Å². The number of methoxy groups -OCH3 is 1. The molecule has 0 radical (unpaired) electrons. The zero-order valence-corrected chi connectivity index (χ0v) is 17.1. The van der Waals surface area contributed by atoms with E-state index in [0.717, 1.165) is 29.7 Å². The summed E-state index contributed by atoms with van der Waals surface area (Å²) in [6, 6.07) is 11.2. The second-order valence-corrected chi connectivity index (χ2v) is 7.57. The van der Waals surface area contributed by atoms with Gasteiger partial charge in [0.1, 0.15) is 11.6 Å². The number of benzene rings is 2. The summed E-state index contributed by atoms with van der Waals surface area (Å²) in [5, 5.41) is 3.07. The molecule has 1 heterocycles. The highest BCUT2D eigenvalue weighted by atomic mass is 19.1. The van der Waals surface area contributed by atoms with E-state index in [-0.39, 0.29) is 29.6 Å². The highest BCUT2D eigenvalue weighted by molar-refractivity contribution is 5.94. The van der Waals surface area contributed by atoms with Gasteiger partial charge in [-0.05, 0) is 57.0 Å². The summed E-state index contributed by atoms with van der Waals surface area (Å²) in [5.41, 5.74) is 2.46. The molecule has 1 aliphatic rings. The second kappa shape index (κ2) is 9.07. The zero-order valence-electron chi connectivity index (χ0n) is 17.1. The molecule has 2 unspecified atom stereocenters. The Kier molecular flexibility index (Phi) is 6.52. The van der Waals surface area contributed by atoms with Gasteiger partial charge >= 0.3 is 0 Å². The maximum atomic E-state index is 13.1. The first-order chi connectivity index (χ1) is 13.9. The molecule has 0 aromatic heterocycles. The third-order valence-electron chi connectivity index (χ3n) is 5.38. The fourth-order valence-electron chi connectivity index (χ4n) is 3.75. The average molecular weight is 398 g/mol. The number of likely N-dealkylation sites (tertiary alicyclic amines) is 1. The molecule has 2 amide bonds. The number of hydrogen-bond acceptors (Lipinski definition) is 3. The molecule has 2 aromatic rings.